The number of sulfone groups is 1. The van der Waals surface area contributed by atoms with Crippen molar-refractivity contribution in [2.45, 2.75) is 10.6 Å². The average molecular weight is 379 g/mol. The SMILES string of the molecule is Nc1ccc(S(=O)(=O)Cc2ccc(F)cc2Cl)c(Br)c1. The fourth-order valence-electron chi connectivity index (χ4n) is 1.69. The third kappa shape index (κ3) is 3.31. The van der Waals surface area contributed by atoms with Crippen LogP contribution in [0.5, 0.6) is 0 Å². The molecule has 0 spiro atoms. The van der Waals surface area contributed by atoms with E-state index in [0.29, 0.717) is 15.7 Å². The largest absolute Gasteiger partial charge is 0.399 e. The van der Waals surface area contributed by atoms with E-state index in [1.807, 2.05) is 0 Å². The third-order valence-electron chi connectivity index (χ3n) is 2.65. The number of nitrogens with two attached hydrogens (primary N) is 1. The Labute approximate surface area is 129 Å². The van der Waals surface area contributed by atoms with Crippen LogP contribution < -0.4 is 5.73 Å². The molecule has 106 valence electrons. The zero-order valence-electron chi connectivity index (χ0n) is 10.1. The van der Waals surface area contributed by atoms with Crippen molar-refractivity contribution in [3.63, 3.8) is 0 Å². The molecule has 0 aliphatic carbocycles. The van der Waals surface area contributed by atoms with Crippen molar-refractivity contribution in [3.05, 3.63) is 57.3 Å². The molecule has 20 heavy (non-hydrogen) atoms. The molecule has 2 N–H and O–H groups in total. The van der Waals surface area contributed by atoms with Crippen LogP contribution in [0.1, 0.15) is 5.56 Å². The maximum atomic E-state index is 13.0. The first-order valence-corrected chi connectivity index (χ1v) is 8.33. The number of anilines is 1. The van der Waals surface area contributed by atoms with E-state index < -0.39 is 15.7 Å². The summed E-state index contributed by atoms with van der Waals surface area (Å²) in [6.45, 7) is 0. The third-order valence-corrected chi connectivity index (χ3v) is 5.64. The molecule has 0 aliphatic rings. The molecule has 0 atom stereocenters. The normalized spacial score (nSPS) is 11.6. The van der Waals surface area contributed by atoms with Crippen LogP contribution in [0.4, 0.5) is 10.1 Å². The van der Waals surface area contributed by atoms with E-state index in [1.54, 1.807) is 0 Å². The van der Waals surface area contributed by atoms with Gasteiger partial charge in [-0.05, 0) is 51.8 Å². The van der Waals surface area contributed by atoms with Gasteiger partial charge < -0.3 is 5.73 Å². The summed E-state index contributed by atoms with van der Waals surface area (Å²) in [5, 5.41) is 0.0835. The van der Waals surface area contributed by atoms with Crippen molar-refractivity contribution >= 4 is 43.1 Å². The number of halogens is 3. The second-order valence-electron chi connectivity index (χ2n) is 4.18. The fourth-order valence-corrected chi connectivity index (χ4v) is 4.59. The standard InChI is InChI=1S/C13H10BrClFNO2S/c14-11-6-10(17)3-4-13(11)20(18,19)7-8-1-2-9(16)5-12(8)15/h1-6H,7,17H2. The van der Waals surface area contributed by atoms with Crippen LogP contribution in [-0.4, -0.2) is 8.42 Å². The predicted octanol–water partition coefficient (Wildman–Crippen LogP) is 3.80. The van der Waals surface area contributed by atoms with E-state index in [0.717, 1.165) is 6.07 Å². The average Bonchev–Trinajstić information content (AvgIpc) is 2.32. The molecule has 2 rings (SSSR count). The first-order chi connectivity index (χ1) is 9.29. The maximum Gasteiger partial charge on any atom is 0.183 e. The summed E-state index contributed by atoms with van der Waals surface area (Å²) >= 11 is 9.03. The molecule has 0 fully saturated rings. The van der Waals surface area contributed by atoms with Crippen LogP contribution in [0.25, 0.3) is 0 Å². The van der Waals surface area contributed by atoms with Crippen molar-refractivity contribution < 1.29 is 12.8 Å². The van der Waals surface area contributed by atoms with E-state index in [2.05, 4.69) is 15.9 Å². The van der Waals surface area contributed by atoms with Gasteiger partial charge in [0.1, 0.15) is 5.82 Å². The number of hydrogen-bond donors (Lipinski definition) is 1. The molecule has 0 radical (unpaired) electrons. The number of nitrogen functional groups attached to an aromatic ring is 1. The second kappa shape index (κ2) is 5.71. The minimum Gasteiger partial charge on any atom is -0.399 e. The van der Waals surface area contributed by atoms with Crippen LogP contribution in [0.3, 0.4) is 0 Å². The van der Waals surface area contributed by atoms with Gasteiger partial charge in [-0.1, -0.05) is 17.7 Å². The van der Waals surface area contributed by atoms with Gasteiger partial charge in [0.25, 0.3) is 0 Å². The van der Waals surface area contributed by atoms with Crippen molar-refractivity contribution in [1.82, 2.24) is 0 Å². The molecule has 2 aromatic carbocycles. The van der Waals surface area contributed by atoms with E-state index in [4.69, 9.17) is 17.3 Å². The summed E-state index contributed by atoms with van der Waals surface area (Å²) < 4.78 is 38.0. The summed E-state index contributed by atoms with van der Waals surface area (Å²) in [4.78, 5) is 0.118. The molecule has 0 unspecified atom stereocenters. The van der Waals surface area contributed by atoms with Crippen LogP contribution in [0.2, 0.25) is 5.02 Å². The summed E-state index contributed by atoms with van der Waals surface area (Å²) in [6, 6.07) is 8.06. The van der Waals surface area contributed by atoms with Gasteiger partial charge in [-0.25, -0.2) is 12.8 Å². The lowest BCUT2D eigenvalue weighted by Crippen LogP contribution is -2.06. The number of hydrogen-bond acceptors (Lipinski definition) is 3. The highest BCUT2D eigenvalue weighted by molar-refractivity contribution is 9.10. The van der Waals surface area contributed by atoms with Crippen LogP contribution in [0, 0.1) is 5.82 Å². The van der Waals surface area contributed by atoms with Gasteiger partial charge in [0, 0.05) is 15.2 Å². The first-order valence-electron chi connectivity index (χ1n) is 5.51. The zero-order valence-corrected chi connectivity index (χ0v) is 13.3. The Kier molecular flexibility index (Phi) is 4.36. The van der Waals surface area contributed by atoms with E-state index in [-0.39, 0.29) is 15.7 Å². The Morgan fingerprint density at radius 3 is 2.50 bits per heavy atom. The summed E-state index contributed by atoms with van der Waals surface area (Å²) in [5.74, 6) is -0.820. The second-order valence-corrected chi connectivity index (χ2v) is 7.40. The van der Waals surface area contributed by atoms with E-state index in [9.17, 15) is 12.8 Å². The smallest absolute Gasteiger partial charge is 0.183 e. The van der Waals surface area contributed by atoms with Gasteiger partial charge in [-0.15, -0.1) is 0 Å². The molecule has 0 aromatic heterocycles. The highest BCUT2D eigenvalue weighted by Crippen LogP contribution is 2.29. The van der Waals surface area contributed by atoms with Crippen molar-refractivity contribution in [3.8, 4) is 0 Å². The van der Waals surface area contributed by atoms with Crippen molar-refractivity contribution in [2.75, 3.05) is 5.73 Å². The Hall–Kier alpha value is -1.11. The lowest BCUT2D eigenvalue weighted by Gasteiger charge is -2.09. The Balaban J connectivity index is 2.41. The van der Waals surface area contributed by atoms with Gasteiger partial charge >= 0.3 is 0 Å². The van der Waals surface area contributed by atoms with Crippen LogP contribution >= 0.6 is 27.5 Å². The lowest BCUT2D eigenvalue weighted by molar-refractivity contribution is 0.594. The molecule has 0 bridgehead atoms. The summed E-state index contributed by atoms with van der Waals surface area (Å²) in [6.07, 6.45) is 0. The van der Waals surface area contributed by atoms with Gasteiger partial charge in [0.2, 0.25) is 0 Å². The van der Waals surface area contributed by atoms with Crippen LogP contribution in [0.15, 0.2) is 45.8 Å². The molecule has 7 heteroatoms. The lowest BCUT2D eigenvalue weighted by atomic mass is 10.2. The highest BCUT2D eigenvalue weighted by Gasteiger charge is 2.20. The molecule has 0 amide bonds. The zero-order chi connectivity index (χ0) is 14.9. The Morgan fingerprint density at radius 2 is 1.90 bits per heavy atom. The summed E-state index contributed by atoms with van der Waals surface area (Å²) in [5.41, 5.74) is 6.38. The number of benzene rings is 2. The molecule has 3 nitrogen and oxygen atoms in total. The molecular weight excluding hydrogens is 369 g/mol. The van der Waals surface area contributed by atoms with Gasteiger partial charge in [0.15, 0.2) is 9.84 Å². The molecule has 0 heterocycles. The van der Waals surface area contributed by atoms with Crippen molar-refractivity contribution in [1.29, 1.82) is 0 Å². The highest BCUT2D eigenvalue weighted by atomic mass is 79.9. The maximum absolute atomic E-state index is 13.0. The predicted molar refractivity (Wildman–Crippen MR) is 80.9 cm³/mol. The topological polar surface area (TPSA) is 60.2 Å². The quantitative estimate of drug-likeness (QED) is 0.827. The first kappa shape index (κ1) is 15.3. The number of rotatable bonds is 3. The minimum atomic E-state index is -3.61. The molecule has 0 aliphatic heterocycles. The molecule has 2 aromatic rings. The Morgan fingerprint density at radius 1 is 1.20 bits per heavy atom. The van der Waals surface area contributed by atoms with Gasteiger partial charge in [-0.2, -0.15) is 0 Å². The molecular formula is C13H10BrClFNO2S. The monoisotopic (exact) mass is 377 g/mol. The molecule has 0 saturated heterocycles. The van der Waals surface area contributed by atoms with Crippen LogP contribution in [-0.2, 0) is 15.6 Å². The van der Waals surface area contributed by atoms with Crippen molar-refractivity contribution in [2.24, 2.45) is 0 Å². The van der Waals surface area contributed by atoms with Gasteiger partial charge in [0.05, 0.1) is 10.6 Å². The van der Waals surface area contributed by atoms with E-state index in [1.165, 1.54) is 30.3 Å². The Bertz CT molecular complexity index is 765. The molecule has 0 saturated carbocycles. The van der Waals surface area contributed by atoms with Gasteiger partial charge in [-0.3, -0.25) is 0 Å². The van der Waals surface area contributed by atoms with E-state index >= 15 is 0 Å². The fraction of sp³-hybridized carbons (Fsp3) is 0.0769. The minimum absolute atomic E-state index is 0.0835. The summed E-state index contributed by atoms with van der Waals surface area (Å²) in [7, 11) is -3.61.